The molecule has 0 unspecified atom stereocenters. The van der Waals surface area contributed by atoms with Gasteiger partial charge in [-0.25, -0.2) is 4.98 Å². The van der Waals surface area contributed by atoms with E-state index in [2.05, 4.69) is 20.3 Å². The topological polar surface area (TPSA) is 70.7 Å². The third-order valence-electron chi connectivity index (χ3n) is 3.49. The van der Waals surface area contributed by atoms with Crippen molar-refractivity contribution in [1.29, 1.82) is 0 Å². The molecule has 3 rings (SSSR count). The van der Waals surface area contributed by atoms with Crippen molar-refractivity contribution in [1.82, 2.24) is 20.3 Å². The average molecular weight is 294 g/mol. The van der Waals surface area contributed by atoms with Crippen molar-refractivity contribution in [3.63, 3.8) is 0 Å². The SMILES string of the molecule is O=C(CCc1cccnc1)NCCc1nc2ccccc2[nH]1. The van der Waals surface area contributed by atoms with Gasteiger partial charge >= 0.3 is 0 Å². The predicted octanol–water partition coefficient (Wildman–Crippen LogP) is 2.25. The van der Waals surface area contributed by atoms with E-state index >= 15 is 0 Å². The highest BCUT2D eigenvalue weighted by Gasteiger charge is 2.04. The minimum absolute atomic E-state index is 0.0555. The van der Waals surface area contributed by atoms with Crippen LogP contribution in [0.1, 0.15) is 17.8 Å². The highest BCUT2D eigenvalue weighted by atomic mass is 16.1. The Morgan fingerprint density at radius 2 is 2.05 bits per heavy atom. The molecule has 5 heteroatoms. The monoisotopic (exact) mass is 294 g/mol. The lowest BCUT2D eigenvalue weighted by atomic mass is 10.1. The largest absolute Gasteiger partial charge is 0.356 e. The number of pyridine rings is 1. The maximum atomic E-state index is 11.8. The second kappa shape index (κ2) is 6.85. The molecule has 2 N–H and O–H groups in total. The molecule has 0 atom stereocenters. The fourth-order valence-corrected chi connectivity index (χ4v) is 2.34. The molecule has 22 heavy (non-hydrogen) atoms. The molecular weight excluding hydrogens is 276 g/mol. The molecule has 1 aromatic carbocycles. The van der Waals surface area contributed by atoms with E-state index in [1.807, 2.05) is 36.4 Å². The summed E-state index contributed by atoms with van der Waals surface area (Å²) in [5, 5.41) is 2.93. The number of fused-ring (bicyclic) bond motifs is 1. The molecule has 2 heterocycles. The van der Waals surface area contributed by atoms with Crippen LogP contribution in [0.4, 0.5) is 0 Å². The van der Waals surface area contributed by atoms with Gasteiger partial charge in [0.15, 0.2) is 0 Å². The van der Waals surface area contributed by atoms with Crippen molar-refractivity contribution >= 4 is 16.9 Å². The van der Waals surface area contributed by atoms with Gasteiger partial charge in [-0.15, -0.1) is 0 Å². The fraction of sp³-hybridized carbons (Fsp3) is 0.235. The molecule has 0 radical (unpaired) electrons. The van der Waals surface area contributed by atoms with Crippen LogP contribution in [0.25, 0.3) is 11.0 Å². The number of para-hydroxylation sites is 2. The lowest BCUT2D eigenvalue weighted by molar-refractivity contribution is -0.121. The minimum atomic E-state index is 0.0555. The van der Waals surface area contributed by atoms with Crippen molar-refractivity contribution in [2.24, 2.45) is 0 Å². The summed E-state index contributed by atoms with van der Waals surface area (Å²) in [6.45, 7) is 0.589. The Bertz CT molecular complexity index is 718. The van der Waals surface area contributed by atoms with Crippen LogP contribution in [0.3, 0.4) is 0 Å². The summed E-state index contributed by atoms with van der Waals surface area (Å²) in [4.78, 5) is 23.6. The molecule has 0 aliphatic heterocycles. The minimum Gasteiger partial charge on any atom is -0.356 e. The van der Waals surface area contributed by atoms with Crippen molar-refractivity contribution in [3.05, 3.63) is 60.2 Å². The van der Waals surface area contributed by atoms with Gasteiger partial charge in [-0.1, -0.05) is 18.2 Å². The van der Waals surface area contributed by atoms with Crippen LogP contribution in [-0.4, -0.2) is 27.4 Å². The lowest BCUT2D eigenvalue weighted by Gasteiger charge is -2.04. The first-order valence-electron chi connectivity index (χ1n) is 7.40. The second-order valence-electron chi connectivity index (χ2n) is 5.16. The van der Waals surface area contributed by atoms with Crippen LogP contribution in [0, 0.1) is 0 Å². The molecule has 0 aliphatic rings. The van der Waals surface area contributed by atoms with E-state index in [1.165, 1.54) is 0 Å². The highest BCUT2D eigenvalue weighted by molar-refractivity contribution is 5.76. The zero-order chi connectivity index (χ0) is 15.2. The number of carbonyl (C=O) groups is 1. The summed E-state index contributed by atoms with van der Waals surface area (Å²) in [7, 11) is 0. The van der Waals surface area contributed by atoms with E-state index < -0.39 is 0 Å². The fourth-order valence-electron chi connectivity index (χ4n) is 2.34. The molecule has 5 nitrogen and oxygen atoms in total. The number of H-pyrrole nitrogens is 1. The van der Waals surface area contributed by atoms with Crippen LogP contribution in [-0.2, 0) is 17.6 Å². The summed E-state index contributed by atoms with van der Waals surface area (Å²) in [6.07, 6.45) is 5.42. The highest BCUT2D eigenvalue weighted by Crippen LogP contribution is 2.10. The number of nitrogens with one attached hydrogen (secondary N) is 2. The van der Waals surface area contributed by atoms with Crippen molar-refractivity contribution in [2.75, 3.05) is 6.54 Å². The van der Waals surface area contributed by atoms with Gasteiger partial charge < -0.3 is 10.3 Å². The molecule has 3 aromatic rings. The van der Waals surface area contributed by atoms with Crippen LogP contribution in [0.2, 0.25) is 0 Å². The van der Waals surface area contributed by atoms with Crippen LogP contribution < -0.4 is 5.32 Å². The van der Waals surface area contributed by atoms with Crippen LogP contribution >= 0.6 is 0 Å². The normalized spacial score (nSPS) is 10.7. The van der Waals surface area contributed by atoms with Gasteiger partial charge in [0.1, 0.15) is 5.82 Å². The number of benzene rings is 1. The van der Waals surface area contributed by atoms with Gasteiger partial charge in [0.05, 0.1) is 11.0 Å². The maximum Gasteiger partial charge on any atom is 0.220 e. The average Bonchev–Trinajstić information content (AvgIpc) is 2.96. The number of rotatable bonds is 6. The third-order valence-corrected chi connectivity index (χ3v) is 3.49. The van der Waals surface area contributed by atoms with Gasteiger partial charge in [-0.2, -0.15) is 0 Å². The first-order valence-corrected chi connectivity index (χ1v) is 7.40. The third kappa shape index (κ3) is 3.69. The molecule has 112 valence electrons. The standard InChI is InChI=1S/C17H18N4O/c22-17(8-7-13-4-3-10-18-12-13)19-11-9-16-20-14-5-1-2-6-15(14)21-16/h1-6,10,12H,7-9,11H2,(H,19,22)(H,20,21). The van der Waals surface area contributed by atoms with Gasteiger partial charge in [0.25, 0.3) is 0 Å². The Balaban J connectivity index is 1.43. The van der Waals surface area contributed by atoms with E-state index in [-0.39, 0.29) is 5.91 Å². The number of carbonyl (C=O) groups excluding carboxylic acids is 1. The number of hydrogen-bond donors (Lipinski definition) is 2. The molecule has 0 saturated carbocycles. The van der Waals surface area contributed by atoms with E-state index in [9.17, 15) is 4.79 Å². The number of aromatic nitrogens is 3. The number of imidazole rings is 1. The Morgan fingerprint density at radius 3 is 2.86 bits per heavy atom. The summed E-state index contributed by atoms with van der Waals surface area (Å²) in [6, 6.07) is 11.8. The Labute approximate surface area is 128 Å². The van der Waals surface area contributed by atoms with Gasteiger partial charge in [-0.05, 0) is 30.2 Å². The zero-order valence-electron chi connectivity index (χ0n) is 12.2. The Hall–Kier alpha value is -2.69. The molecule has 0 fully saturated rings. The number of aromatic amines is 1. The maximum absolute atomic E-state index is 11.8. The summed E-state index contributed by atoms with van der Waals surface area (Å²) < 4.78 is 0. The quantitative estimate of drug-likeness (QED) is 0.732. The first kappa shape index (κ1) is 14.3. The molecule has 1 amide bonds. The lowest BCUT2D eigenvalue weighted by Crippen LogP contribution is -2.26. The van der Waals surface area contributed by atoms with E-state index in [4.69, 9.17) is 0 Å². The second-order valence-corrected chi connectivity index (χ2v) is 5.16. The number of hydrogen-bond acceptors (Lipinski definition) is 3. The van der Waals surface area contributed by atoms with Crippen molar-refractivity contribution < 1.29 is 4.79 Å². The predicted molar refractivity (Wildman–Crippen MR) is 85.4 cm³/mol. The number of amides is 1. The molecule has 0 spiro atoms. The van der Waals surface area contributed by atoms with E-state index in [0.717, 1.165) is 22.4 Å². The van der Waals surface area contributed by atoms with Gasteiger partial charge in [-0.3, -0.25) is 9.78 Å². The molecular formula is C17H18N4O. The Morgan fingerprint density at radius 1 is 1.14 bits per heavy atom. The first-order chi connectivity index (χ1) is 10.8. The number of aryl methyl sites for hydroxylation is 1. The smallest absolute Gasteiger partial charge is 0.220 e. The summed E-state index contributed by atoms with van der Waals surface area (Å²) in [5.41, 5.74) is 3.07. The van der Waals surface area contributed by atoms with E-state index in [0.29, 0.717) is 25.8 Å². The molecule has 0 aliphatic carbocycles. The Kier molecular flexibility index (Phi) is 4.44. The van der Waals surface area contributed by atoms with Crippen LogP contribution in [0.5, 0.6) is 0 Å². The van der Waals surface area contributed by atoms with E-state index in [1.54, 1.807) is 12.4 Å². The number of nitrogens with zero attached hydrogens (tertiary/aromatic N) is 2. The summed E-state index contributed by atoms with van der Waals surface area (Å²) in [5.74, 6) is 0.953. The van der Waals surface area contributed by atoms with Crippen LogP contribution in [0.15, 0.2) is 48.8 Å². The summed E-state index contributed by atoms with van der Waals surface area (Å²) >= 11 is 0. The van der Waals surface area contributed by atoms with Gasteiger partial charge in [0, 0.05) is 31.8 Å². The zero-order valence-corrected chi connectivity index (χ0v) is 12.2. The molecule has 0 bridgehead atoms. The van der Waals surface area contributed by atoms with Gasteiger partial charge in [0.2, 0.25) is 5.91 Å². The molecule has 2 aromatic heterocycles. The van der Waals surface area contributed by atoms with Crippen molar-refractivity contribution in [2.45, 2.75) is 19.3 Å². The molecule has 0 saturated heterocycles. The van der Waals surface area contributed by atoms with Crippen molar-refractivity contribution in [3.8, 4) is 0 Å².